The molecule has 1 N–H and O–H groups in total. The molecule has 0 bridgehead atoms. The van der Waals surface area contributed by atoms with E-state index in [9.17, 15) is 4.79 Å². The first-order valence-electron chi connectivity index (χ1n) is 6.06. The fraction of sp³-hybridized carbons (Fsp3) is 0.385. The zero-order chi connectivity index (χ0) is 13.8. The molecular weight excluding hydrogens is 246 g/mol. The Morgan fingerprint density at radius 3 is 3.05 bits per heavy atom. The minimum atomic E-state index is -0.398. The van der Waals surface area contributed by atoms with Crippen LogP contribution in [0.1, 0.15) is 28.7 Å². The molecule has 0 aliphatic carbocycles. The Kier molecular flexibility index (Phi) is 3.89. The fourth-order valence-corrected chi connectivity index (χ4v) is 1.82. The molecule has 6 heteroatoms. The first-order chi connectivity index (χ1) is 9.13. The molecule has 0 saturated heterocycles. The van der Waals surface area contributed by atoms with E-state index in [4.69, 9.17) is 4.42 Å². The Bertz CT molecular complexity index is 571. The molecule has 0 spiro atoms. The third-order valence-electron chi connectivity index (χ3n) is 2.77. The predicted molar refractivity (Wildman–Crippen MR) is 70.0 cm³/mol. The van der Waals surface area contributed by atoms with Gasteiger partial charge in [-0.2, -0.15) is 5.10 Å². The number of hydrogen-bond donors (Lipinski definition) is 1. The average molecular weight is 263 g/mol. The highest BCUT2D eigenvalue weighted by atomic mass is 16.5. The molecule has 2 heterocycles. The molecule has 0 saturated carbocycles. The topological polar surface area (TPSA) is 69.3 Å². The molecule has 0 radical (unpaired) electrons. The maximum absolute atomic E-state index is 11.3. The highest BCUT2D eigenvalue weighted by Crippen LogP contribution is 2.16. The first kappa shape index (κ1) is 13.2. The van der Waals surface area contributed by atoms with E-state index in [1.54, 1.807) is 10.7 Å². The van der Waals surface area contributed by atoms with Crippen LogP contribution < -0.4 is 5.32 Å². The number of carbonyl (C=O) groups excluding carboxylic acids is 1. The summed E-state index contributed by atoms with van der Waals surface area (Å²) in [7, 11) is 3.23. The van der Waals surface area contributed by atoms with Crippen LogP contribution in [0, 0.1) is 0 Å². The maximum Gasteiger partial charge on any atom is 0.341 e. The number of hydrogen-bond acceptors (Lipinski definition) is 5. The SMILES string of the molecule is CCc1nn(C)cc1NCc1cc(C(=O)OC)co1. The normalized spacial score (nSPS) is 10.5. The molecule has 2 aromatic rings. The van der Waals surface area contributed by atoms with Crippen molar-refractivity contribution in [3.05, 3.63) is 35.5 Å². The van der Waals surface area contributed by atoms with Gasteiger partial charge in [0.2, 0.25) is 0 Å². The van der Waals surface area contributed by atoms with Gasteiger partial charge in [-0.05, 0) is 12.5 Å². The van der Waals surface area contributed by atoms with Crippen molar-refractivity contribution in [3.63, 3.8) is 0 Å². The molecule has 0 atom stereocenters. The van der Waals surface area contributed by atoms with Gasteiger partial charge in [0.15, 0.2) is 0 Å². The lowest BCUT2D eigenvalue weighted by molar-refractivity contribution is 0.0600. The van der Waals surface area contributed by atoms with Crippen molar-refractivity contribution in [2.75, 3.05) is 12.4 Å². The number of nitrogens with one attached hydrogen (secondary N) is 1. The summed E-state index contributed by atoms with van der Waals surface area (Å²) in [6.45, 7) is 2.55. The largest absolute Gasteiger partial charge is 0.467 e. The van der Waals surface area contributed by atoms with Crippen LogP contribution in [-0.4, -0.2) is 22.9 Å². The monoisotopic (exact) mass is 263 g/mol. The summed E-state index contributed by atoms with van der Waals surface area (Å²) in [4.78, 5) is 11.3. The molecule has 0 aromatic carbocycles. The van der Waals surface area contributed by atoms with Crippen LogP contribution >= 0.6 is 0 Å². The zero-order valence-corrected chi connectivity index (χ0v) is 11.3. The highest BCUT2D eigenvalue weighted by Gasteiger charge is 2.11. The van der Waals surface area contributed by atoms with Gasteiger partial charge in [-0.25, -0.2) is 4.79 Å². The van der Waals surface area contributed by atoms with Crippen molar-refractivity contribution in [2.45, 2.75) is 19.9 Å². The predicted octanol–water partition coefficient (Wildman–Crippen LogP) is 1.97. The van der Waals surface area contributed by atoms with E-state index in [2.05, 4.69) is 22.1 Å². The van der Waals surface area contributed by atoms with Gasteiger partial charge in [0, 0.05) is 13.2 Å². The third kappa shape index (κ3) is 2.96. The Hall–Kier alpha value is -2.24. The lowest BCUT2D eigenvalue weighted by atomic mass is 10.3. The number of furan rings is 1. The Morgan fingerprint density at radius 1 is 1.58 bits per heavy atom. The molecule has 0 unspecified atom stereocenters. The summed E-state index contributed by atoms with van der Waals surface area (Å²) in [5.41, 5.74) is 2.39. The van der Waals surface area contributed by atoms with Crippen LogP contribution in [0.5, 0.6) is 0 Å². The Balaban J connectivity index is 2.02. The van der Waals surface area contributed by atoms with Crippen LogP contribution in [-0.2, 0) is 24.8 Å². The molecule has 0 aliphatic heterocycles. The molecule has 0 fully saturated rings. The second-order valence-corrected chi connectivity index (χ2v) is 4.16. The average Bonchev–Trinajstić information content (AvgIpc) is 3.01. The van der Waals surface area contributed by atoms with Crippen molar-refractivity contribution in [1.29, 1.82) is 0 Å². The number of esters is 1. The number of carbonyl (C=O) groups is 1. The quantitative estimate of drug-likeness (QED) is 0.835. The molecule has 6 nitrogen and oxygen atoms in total. The summed E-state index contributed by atoms with van der Waals surface area (Å²) in [5, 5.41) is 7.58. The summed E-state index contributed by atoms with van der Waals surface area (Å²) in [6, 6.07) is 1.67. The summed E-state index contributed by atoms with van der Waals surface area (Å²) >= 11 is 0. The van der Waals surface area contributed by atoms with E-state index in [1.165, 1.54) is 13.4 Å². The maximum atomic E-state index is 11.3. The Labute approximate surface area is 111 Å². The fourth-order valence-electron chi connectivity index (χ4n) is 1.82. The third-order valence-corrected chi connectivity index (χ3v) is 2.77. The summed E-state index contributed by atoms with van der Waals surface area (Å²) in [5.74, 6) is 0.275. The molecule has 0 aliphatic rings. The number of nitrogens with zero attached hydrogens (tertiary/aromatic N) is 2. The standard InChI is InChI=1S/C13H17N3O3/c1-4-11-12(7-16(2)15-11)14-6-10-5-9(8-19-10)13(17)18-3/h5,7-8,14H,4,6H2,1-3H3. The smallest absolute Gasteiger partial charge is 0.341 e. The lowest BCUT2D eigenvalue weighted by Gasteiger charge is -2.02. The van der Waals surface area contributed by atoms with Crippen molar-refractivity contribution in [2.24, 2.45) is 7.05 Å². The first-order valence-corrected chi connectivity index (χ1v) is 6.06. The number of methoxy groups -OCH3 is 1. The van der Waals surface area contributed by atoms with Crippen molar-refractivity contribution < 1.29 is 13.9 Å². The number of rotatable bonds is 5. The summed E-state index contributed by atoms with van der Waals surface area (Å²) in [6.07, 6.45) is 4.17. The highest BCUT2D eigenvalue weighted by molar-refractivity contribution is 5.88. The molecule has 102 valence electrons. The van der Waals surface area contributed by atoms with Crippen LogP contribution in [0.4, 0.5) is 5.69 Å². The zero-order valence-electron chi connectivity index (χ0n) is 11.3. The van der Waals surface area contributed by atoms with Gasteiger partial charge in [-0.1, -0.05) is 6.92 Å². The molecule has 2 rings (SSSR count). The Morgan fingerprint density at radius 2 is 2.37 bits per heavy atom. The van der Waals surface area contributed by atoms with Gasteiger partial charge in [0.05, 0.1) is 30.6 Å². The summed E-state index contributed by atoms with van der Waals surface area (Å²) < 4.78 is 11.7. The molecule has 2 aromatic heterocycles. The lowest BCUT2D eigenvalue weighted by Crippen LogP contribution is -2.01. The number of ether oxygens (including phenoxy) is 1. The van der Waals surface area contributed by atoms with Gasteiger partial charge in [0.25, 0.3) is 0 Å². The van der Waals surface area contributed by atoms with E-state index in [0.29, 0.717) is 17.9 Å². The van der Waals surface area contributed by atoms with Crippen LogP contribution in [0.2, 0.25) is 0 Å². The second kappa shape index (κ2) is 5.60. The van der Waals surface area contributed by atoms with Crippen LogP contribution in [0.25, 0.3) is 0 Å². The van der Waals surface area contributed by atoms with Gasteiger partial charge in [0.1, 0.15) is 12.0 Å². The molecule has 19 heavy (non-hydrogen) atoms. The number of aromatic nitrogens is 2. The minimum Gasteiger partial charge on any atom is -0.467 e. The van der Waals surface area contributed by atoms with Gasteiger partial charge >= 0.3 is 5.97 Å². The van der Waals surface area contributed by atoms with Crippen LogP contribution in [0.15, 0.2) is 22.9 Å². The van der Waals surface area contributed by atoms with E-state index >= 15 is 0 Å². The van der Waals surface area contributed by atoms with Crippen molar-refractivity contribution in [1.82, 2.24) is 9.78 Å². The van der Waals surface area contributed by atoms with Crippen molar-refractivity contribution in [3.8, 4) is 0 Å². The van der Waals surface area contributed by atoms with E-state index in [0.717, 1.165) is 17.8 Å². The van der Waals surface area contributed by atoms with E-state index < -0.39 is 5.97 Å². The van der Waals surface area contributed by atoms with E-state index in [1.807, 2.05) is 13.2 Å². The van der Waals surface area contributed by atoms with Crippen molar-refractivity contribution >= 4 is 11.7 Å². The molecule has 0 amide bonds. The number of anilines is 1. The molecular formula is C13H17N3O3. The second-order valence-electron chi connectivity index (χ2n) is 4.16. The van der Waals surface area contributed by atoms with Gasteiger partial charge < -0.3 is 14.5 Å². The number of aryl methyl sites for hydroxylation is 2. The van der Waals surface area contributed by atoms with Crippen LogP contribution in [0.3, 0.4) is 0 Å². The van der Waals surface area contributed by atoms with Gasteiger partial charge in [-0.3, -0.25) is 4.68 Å². The van der Waals surface area contributed by atoms with E-state index in [-0.39, 0.29) is 0 Å². The van der Waals surface area contributed by atoms with Gasteiger partial charge in [-0.15, -0.1) is 0 Å². The minimum absolute atomic E-state index is 0.398.